The van der Waals surface area contributed by atoms with Crippen LogP contribution in [-0.4, -0.2) is 39.7 Å². The van der Waals surface area contributed by atoms with Crippen LogP contribution in [0, 0.1) is 0 Å². The van der Waals surface area contributed by atoms with Gasteiger partial charge in [0, 0.05) is 25.6 Å². The molecular formula is C16H20N4O3. The molecule has 1 atom stereocenters. The molecule has 1 amide bonds. The molecule has 0 bridgehead atoms. The van der Waals surface area contributed by atoms with Crippen molar-refractivity contribution in [3.63, 3.8) is 0 Å². The summed E-state index contributed by atoms with van der Waals surface area (Å²) in [4.78, 5) is 38.4. The van der Waals surface area contributed by atoms with E-state index in [-0.39, 0.29) is 36.0 Å². The van der Waals surface area contributed by atoms with E-state index >= 15 is 0 Å². The second-order valence-electron chi connectivity index (χ2n) is 5.94. The molecule has 3 rings (SSSR count). The number of amides is 1. The first kappa shape index (κ1) is 15.5. The smallest absolute Gasteiger partial charge is 0.273 e. The van der Waals surface area contributed by atoms with Crippen molar-refractivity contribution in [2.24, 2.45) is 5.73 Å². The van der Waals surface area contributed by atoms with Crippen molar-refractivity contribution in [2.45, 2.75) is 31.8 Å². The van der Waals surface area contributed by atoms with Gasteiger partial charge in [-0.2, -0.15) is 0 Å². The number of H-pyrrole nitrogens is 1. The molecule has 1 aromatic carbocycles. The number of fused-ring (bicyclic) bond motifs is 1. The zero-order chi connectivity index (χ0) is 16.4. The maximum Gasteiger partial charge on any atom is 0.273 e. The van der Waals surface area contributed by atoms with Gasteiger partial charge in [0.05, 0.1) is 17.3 Å². The number of nitrogens with one attached hydrogen (secondary N) is 1. The van der Waals surface area contributed by atoms with E-state index in [0.717, 1.165) is 12.8 Å². The molecule has 2 heterocycles. The summed E-state index contributed by atoms with van der Waals surface area (Å²) in [6.07, 6.45) is 2.00. The van der Waals surface area contributed by atoms with E-state index in [9.17, 15) is 14.4 Å². The van der Waals surface area contributed by atoms with Crippen LogP contribution in [0.2, 0.25) is 0 Å². The molecule has 0 radical (unpaired) electrons. The minimum absolute atomic E-state index is 0.0240. The molecule has 0 spiro atoms. The second-order valence-corrected chi connectivity index (χ2v) is 5.94. The summed E-state index contributed by atoms with van der Waals surface area (Å²) in [7, 11) is 0. The molecule has 1 aliphatic heterocycles. The number of nitrogens with two attached hydrogens (primary N) is 1. The first-order chi connectivity index (χ1) is 11.1. The number of nitrogens with zero attached hydrogens (tertiary/aromatic N) is 2. The number of benzene rings is 1. The number of carbonyl (C=O) groups excluding carboxylic acids is 1. The van der Waals surface area contributed by atoms with E-state index in [1.165, 1.54) is 4.68 Å². The van der Waals surface area contributed by atoms with Gasteiger partial charge in [-0.05, 0) is 25.0 Å². The number of hydrogen-bond acceptors (Lipinski definition) is 4. The number of likely N-dealkylation sites (tertiary alicyclic amines) is 1. The van der Waals surface area contributed by atoms with Crippen LogP contribution in [0.4, 0.5) is 0 Å². The molecule has 1 aliphatic rings. The summed E-state index contributed by atoms with van der Waals surface area (Å²) in [6, 6.07) is 6.68. The van der Waals surface area contributed by atoms with Crippen molar-refractivity contribution in [2.75, 3.05) is 13.1 Å². The predicted octanol–water partition coefficient (Wildman–Crippen LogP) is 0.0296. The molecule has 1 aromatic heterocycles. The first-order valence-electron chi connectivity index (χ1n) is 7.81. The fourth-order valence-corrected chi connectivity index (χ4v) is 3.01. The van der Waals surface area contributed by atoms with E-state index in [0.29, 0.717) is 23.9 Å². The summed E-state index contributed by atoms with van der Waals surface area (Å²) in [5, 5.41) is 3.27. The Hall–Kier alpha value is -2.41. The van der Waals surface area contributed by atoms with Gasteiger partial charge < -0.3 is 10.6 Å². The minimum Gasteiger partial charge on any atom is -0.341 e. The summed E-state index contributed by atoms with van der Waals surface area (Å²) >= 11 is 0. The molecule has 2 aromatic rings. The zero-order valence-electron chi connectivity index (χ0n) is 12.8. The van der Waals surface area contributed by atoms with Gasteiger partial charge in [-0.1, -0.05) is 12.1 Å². The van der Waals surface area contributed by atoms with Crippen LogP contribution in [0.1, 0.15) is 19.3 Å². The van der Waals surface area contributed by atoms with Crippen molar-refractivity contribution in [3.8, 4) is 0 Å². The van der Waals surface area contributed by atoms with Crippen molar-refractivity contribution in [3.05, 3.63) is 45.0 Å². The largest absolute Gasteiger partial charge is 0.341 e. The normalized spacial score (nSPS) is 18.3. The fraction of sp³-hybridized carbons (Fsp3) is 0.438. The lowest BCUT2D eigenvalue weighted by Crippen LogP contribution is -2.46. The highest BCUT2D eigenvalue weighted by molar-refractivity contribution is 5.80. The zero-order valence-corrected chi connectivity index (χ0v) is 12.8. The van der Waals surface area contributed by atoms with E-state index in [4.69, 9.17) is 5.73 Å². The van der Waals surface area contributed by atoms with Crippen LogP contribution in [0.25, 0.3) is 10.8 Å². The molecule has 7 nitrogen and oxygen atoms in total. The van der Waals surface area contributed by atoms with Crippen LogP contribution < -0.4 is 16.9 Å². The molecule has 0 aliphatic carbocycles. The SMILES string of the molecule is NC1CCCN(C(=O)CCn2[nH]c(=O)c3ccccc3c2=O)C1. The van der Waals surface area contributed by atoms with Crippen LogP contribution in [0.5, 0.6) is 0 Å². The van der Waals surface area contributed by atoms with Gasteiger partial charge in [0.25, 0.3) is 11.1 Å². The Morgan fingerprint density at radius 1 is 1.26 bits per heavy atom. The molecule has 23 heavy (non-hydrogen) atoms. The number of aromatic amines is 1. The van der Waals surface area contributed by atoms with Crippen LogP contribution in [0.15, 0.2) is 33.9 Å². The van der Waals surface area contributed by atoms with Crippen LogP contribution in [-0.2, 0) is 11.3 Å². The Kier molecular flexibility index (Phi) is 4.29. The molecule has 1 fully saturated rings. The Balaban J connectivity index is 1.77. The summed E-state index contributed by atoms with van der Waals surface area (Å²) in [6.45, 7) is 1.42. The Bertz CT molecular complexity index is 839. The number of aryl methyl sites for hydroxylation is 1. The van der Waals surface area contributed by atoms with Crippen LogP contribution in [0.3, 0.4) is 0 Å². The van der Waals surface area contributed by atoms with Crippen LogP contribution >= 0.6 is 0 Å². The molecular weight excluding hydrogens is 296 g/mol. The molecule has 1 unspecified atom stereocenters. The number of aromatic nitrogens is 2. The molecule has 7 heteroatoms. The van der Waals surface area contributed by atoms with E-state index in [1.807, 2.05) is 0 Å². The van der Waals surface area contributed by atoms with Gasteiger partial charge in [0.2, 0.25) is 5.91 Å². The van der Waals surface area contributed by atoms with Gasteiger partial charge in [-0.15, -0.1) is 0 Å². The van der Waals surface area contributed by atoms with Gasteiger partial charge in [-0.25, -0.2) is 4.68 Å². The Morgan fingerprint density at radius 2 is 2.00 bits per heavy atom. The second kappa shape index (κ2) is 6.37. The maximum atomic E-state index is 12.4. The average molecular weight is 316 g/mol. The lowest BCUT2D eigenvalue weighted by molar-refractivity contribution is -0.132. The molecule has 1 saturated heterocycles. The number of piperidine rings is 1. The third kappa shape index (κ3) is 3.19. The standard InChI is InChI=1S/C16H20N4O3/c17-11-4-3-8-19(10-11)14(21)7-9-20-16(23)13-6-2-1-5-12(13)15(22)18-20/h1-2,5-6,11H,3-4,7-10,17H2,(H,18,22). The quantitative estimate of drug-likeness (QED) is 0.834. The lowest BCUT2D eigenvalue weighted by Gasteiger charge is -2.30. The molecule has 122 valence electrons. The highest BCUT2D eigenvalue weighted by Gasteiger charge is 2.21. The summed E-state index contributed by atoms with van der Waals surface area (Å²) in [5.74, 6) is -0.0407. The van der Waals surface area contributed by atoms with Crippen molar-refractivity contribution >= 4 is 16.7 Å². The lowest BCUT2D eigenvalue weighted by atomic mass is 10.1. The molecule has 3 N–H and O–H groups in total. The van der Waals surface area contributed by atoms with E-state index in [1.54, 1.807) is 29.2 Å². The topological polar surface area (TPSA) is 101 Å². The van der Waals surface area contributed by atoms with Crippen molar-refractivity contribution in [1.29, 1.82) is 0 Å². The minimum atomic E-state index is -0.326. The van der Waals surface area contributed by atoms with Gasteiger partial charge in [-0.3, -0.25) is 19.5 Å². The summed E-state index contributed by atoms with van der Waals surface area (Å²) < 4.78 is 1.21. The van der Waals surface area contributed by atoms with E-state index < -0.39 is 0 Å². The average Bonchev–Trinajstić information content (AvgIpc) is 2.56. The van der Waals surface area contributed by atoms with Gasteiger partial charge in [0.15, 0.2) is 0 Å². The summed E-state index contributed by atoms with van der Waals surface area (Å²) in [5.41, 5.74) is 5.26. The third-order valence-electron chi connectivity index (χ3n) is 4.24. The third-order valence-corrected chi connectivity index (χ3v) is 4.24. The number of rotatable bonds is 3. The van der Waals surface area contributed by atoms with Gasteiger partial charge in [0.1, 0.15) is 0 Å². The number of carbonyl (C=O) groups is 1. The monoisotopic (exact) mass is 316 g/mol. The highest BCUT2D eigenvalue weighted by atomic mass is 16.2. The highest BCUT2D eigenvalue weighted by Crippen LogP contribution is 2.10. The maximum absolute atomic E-state index is 12.4. The molecule has 0 saturated carbocycles. The van der Waals surface area contributed by atoms with Gasteiger partial charge >= 0.3 is 0 Å². The Labute approximate surface area is 132 Å². The number of hydrogen-bond donors (Lipinski definition) is 2. The predicted molar refractivity (Wildman–Crippen MR) is 87.2 cm³/mol. The van der Waals surface area contributed by atoms with Crippen molar-refractivity contribution < 1.29 is 4.79 Å². The van der Waals surface area contributed by atoms with Crippen molar-refractivity contribution in [1.82, 2.24) is 14.7 Å². The fourth-order valence-electron chi connectivity index (χ4n) is 3.01. The van der Waals surface area contributed by atoms with E-state index in [2.05, 4.69) is 5.10 Å². The first-order valence-corrected chi connectivity index (χ1v) is 7.81. The Morgan fingerprint density at radius 3 is 2.74 bits per heavy atom.